The van der Waals surface area contributed by atoms with Crippen molar-refractivity contribution in [3.05, 3.63) is 48.1 Å². The molecule has 2 nitrogen and oxygen atoms in total. The summed E-state index contributed by atoms with van der Waals surface area (Å²) in [7, 11) is 0. The van der Waals surface area contributed by atoms with Crippen LogP contribution in [0.2, 0.25) is 0 Å². The molecule has 1 aromatic rings. The second kappa shape index (κ2) is 4.72. The van der Waals surface area contributed by atoms with Crippen LogP contribution in [0.5, 0.6) is 0 Å². The van der Waals surface area contributed by atoms with Gasteiger partial charge in [0.25, 0.3) is 0 Å². The van der Waals surface area contributed by atoms with Crippen molar-refractivity contribution in [2.24, 2.45) is 0 Å². The zero-order valence-electron chi connectivity index (χ0n) is 9.82. The molecule has 1 aliphatic rings. The summed E-state index contributed by atoms with van der Waals surface area (Å²) in [5.41, 5.74) is 8.38. The zero-order chi connectivity index (χ0) is 12.3. The van der Waals surface area contributed by atoms with Gasteiger partial charge in [-0.1, -0.05) is 24.3 Å². The van der Waals surface area contributed by atoms with Gasteiger partial charge in [-0.25, -0.2) is 4.39 Å². The van der Waals surface area contributed by atoms with E-state index in [2.05, 4.69) is 0 Å². The summed E-state index contributed by atoms with van der Waals surface area (Å²) in [5, 5.41) is 0. The van der Waals surface area contributed by atoms with Crippen LogP contribution in [0.4, 0.5) is 10.1 Å². The molecule has 0 bridgehead atoms. The van der Waals surface area contributed by atoms with Gasteiger partial charge < -0.3 is 10.5 Å². The third-order valence-electron chi connectivity index (χ3n) is 2.74. The molecule has 0 aromatic heterocycles. The van der Waals surface area contributed by atoms with E-state index in [-0.39, 0.29) is 6.42 Å². The molecule has 0 fully saturated rings. The van der Waals surface area contributed by atoms with Gasteiger partial charge in [0.1, 0.15) is 0 Å². The Kier molecular flexibility index (Phi) is 3.29. The molecule has 3 heteroatoms. The first kappa shape index (κ1) is 11.9. The summed E-state index contributed by atoms with van der Waals surface area (Å²) >= 11 is 0. The molecule has 0 heterocycles. The molecule has 2 rings (SSSR count). The van der Waals surface area contributed by atoms with E-state index in [9.17, 15) is 4.39 Å². The van der Waals surface area contributed by atoms with Crippen molar-refractivity contribution in [1.29, 1.82) is 0 Å². The largest absolute Gasteiger partial charge is 0.399 e. The number of anilines is 1. The van der Waals surface area contributed by atoms with Gasteiger partial charge in [-0.15, -0.1) is 0 Å². The number of halogens is 1. The summed E-state index contributed by atoms with van der Waals surface area (Å²) in [6.07, 6.45) is 5.32. The molecular formula is C14H16FNO. The Bertz CT molecular complexity index is 450. The molecule has 0 amide bonds. The van der Waals surface area contributed by atoms with Crippen LogP contribution in [0.15, 0.2) is 42.5 Å². The van der Waals surface area contributed by atoms with Crippen molar-refractivity contribution < 1.29 is 9.13 Å². The fraction of sp³-hybridized carbons (Fsp3) is 0.286. The summed E-state index contributed by atoms with van der Waals surface area (Å²) in [4.78, 5) is 0. The molecule has 0 aliphatic heterocycles. The van der Waals surface area contributed by atoms with E-state index in [0.717, 1.165) is 16.8 Å². The van der Waals surface area contributed by atoms with Gasteiger partial charge >= 0.3 is 0 Å². The number of rotatable bonds is 3. The highest BCUT2D eigenvalue weighted by molar-refractivity contribution is 5.76. The lowest BCUT2D eigenvalue weighted by Crippen LogP contribution is -2.25. The monoisotopic (exact) mass is 233 g/mol. The van der Waals surface area contributed by atoms with Crippen LogP contribution in [-0.2, 0) is 4.74 Å². The molecule has 17 heavy (non-hydrogen) atoms. The molecule has 1 unspecified atom stereocenters. The molecule has 0 saturated carbocycles. The smallest absolute Gasteiger partial charge is 0.232 e. The number of ether oxygens (including phenoxy) is 1. The predicted octanol–water partition coefficient (Wildman–Crippen LogP) is 3.31. The molecule has 90 valence electrons. The lowest BCUT2D eigenvalue weighted by atomic mass is 9.97. The SMILES string of the molecule is CCOC1(F)C=CC(c2ccc(N)cc2)=CC1. The minimum absolute atomic E-state index is 0.247. The Morgan fingerprint density at radius 1 is 1.35 bits per heavy atom. The highest BCUT2D eigenvalue weighted by atomic mass is 19.2. The van der Waals surface area contributed by atoms with Gasteiger partial charge in [-0.2, -0.15) is 0 Å². The fourth-order valence-electron chi connectivity index (χ4n) is 1.84. The van der Waals surface area contributed by atoms with E-state index in [1.54, 1.807) is 13.0 Å². The maximum Gasteiger partial charge on any atom is 0.232 e. The van der Waals surface area contributed by atoms with Crippen LogP contribution in [0.1, 0.15) is 18.9 Å². The maximum atomic E-state index is 14.0. The molecule has 1 aromatic carbocycles. The van der Waals surface area contributed by atoms with Crippen molar-refractivity contribution >= 4 is 11.3 Å². The van der Waals surface area contributed by atoms with Gasteiger partial charge in [-0.05, 0) is 36.3 Å². The number of hydrogen-bond acceptors (Lipinski definition) is 2. The summed E-state index contributed by atoms with van der Waals surface area (Å²) in [5.74, 6) is -1.65. The van der Waals surface area contributed by atoms with Gasteiger partial charge in [0.2, 0.25) is 5.85 Å². The number of hydrogen-bond donors (Lipinski definition) is 1. The Labute approximate surface area is 101 Å². The van der Waals surface area contributed by atoms with Crippen molar-refractivity contribution in [3.8, 4) is 0 Å². The number of benzene rings is 1. The first-order valence-corrected chi connectivity index (χ1v) is 5.71. The molecular weight excluding hydrogens is 217 g/mol. The van der Waals surface area contributed by atoms with Crippen LogP contribution < -0.4 is 5.73 Å². The lowest BCUT2D eigenvalue weighted by Gasteiger charge is -2.23. The second-order valence-electron chi connectivity index (χ2n) is 4.04. The predicted molar refractivity (Wildman–Crippen MR) is 68.1 cm³/mol. The van der Waals surface area contributed by atoms with Crippen LogP contribution >= 0.6 is 0 Å². The molecule has 1 atom stereocenters. The minimum Gasteiger partial charge on any atom is -0.399 e. The molecule has 0 saturated heterocycles. The summed E-state index contributed by atoms with van der Waals surface area (Å²) in [6, 6.07) is 7.53. The maximum absolute atomic E-state index is 14.0. The van der Waals surface area contributed by atoms with E-state index >= 15 is 0 Å². The van der Waals surface area contributed by atoms with Crippen LogP contribution in [0, 0.1) is 0 Å². The van der Waals surface area contributed by atoms with Gasteiger partial charge in [0.15, 0.2) is 0 Å². The number of nitrogens with two attached hydrogens (primary N) is 1. The van der Waals surface area contributed by atoms with E-state index in [1.807, 2.05) is 30.3 Å². The fourth-order valence-corrected chi connectivity index (χ4v) is 1.84. The Morgan fingerprint density at radius 3 is 2.59 bits per heavy atom. The molecule has 0 spiro atoms. The third kappa shape index (κ3) is 2.74. The Balaban J connectivity index is 2.14. The highest BCUT2D eigenvalue weighted by Crippen LogP contribution is 2.30. The minimum atomic E-state index is -1.65. The molecule has 2 N–H and O–H groups in total. The second-order valence-corrected chi connectivity index (χ2v) is 4.04. The van der Waals surface area contributed by atoms with Crippen molar-refractivity contribution in [3.63, 3.8) is 0 Å². The first-order chi connectivity index (χ1) is 8.13. The van der Waals surface area contributed by atoms with Crippen LogP contribution in [0.3, 0.4) is 0 Å². The lowest BCUT2D eigenvalue weighted by molar-refractivity contribution is -0.0992. The normalized spacial score (nSPS) is 23.5. The van der Waals surface area contributed by atoms with Crippen molar-refractivity contribution in [2.75, 3.05) is 12.3 Å². The standard InChI is InChI=1S/C14H16FNO/c1-2-17-14(15)9-7-12(8-10-14)11-3-5-13(16)6-4-11/h3-9H,2,10,16H2,1H3. The van der Waals surface area contributed by atoms with Crippen LogP contribution in [0.25, 0.3) is 5.57 Å². The van der Waals surface area contributed by atoms with Gasteiger partial charge in [0, 0.05) is 18.7 Å². The topological polar surface area (TPSA) is 35.2 Å². The Morgan fingerprint density at radius 2 is 2.06 bits per heavy atom. The quantitative estimate of drug-likeness (QED) is 0.813. The van der Waals surface area contributed by atoms with Gasteiger partial charge in [0.05, 0.1) is 0 Å². The zero-order valence-corrected chi connectivity index (χ0v) is 9.82. The summed E-state index contributed by atoms with van der Waals surface area (Å²) < 4.78 is 19.0. The molecule has 1 aliphatic carbocycles. The third-order valence-corrected chi connectivity index (χ3v) is 2.74. The average Bonchev–Trinajstić information content (AvgIpc) is 2.31. The van der Waals surface area contributed by atoms with Crippen molar-refractivity contribution in [2.45, 2.75) is 19.2 Å². The van der Waals surface area contributed by atoms with E-state index in [0.29, 0.717) is 6.61 Å². The van der Waals surface area contributed by atoms with E-state index in [1.165, 1.54) is 6.08 Å². The highest BCUT2D eigenvalue weighted by Gasteiger charge is 2.27. The number of alkyl halides is 1. The average molecular weight is 233 g/mol. The van der Waals surface area contributed by atoms with E-state index < -0.39 is 5.85 Å². The molecule has 0 radical (unpaired) electrons. The Hall–Kier alpha value is -1.61. The summed E-state index contributed by atoms with van der Waals surface area (Å²) in [6.45, 7) is 2.15. The number of nitrogen functional groups attached to an aromatic ring is 1. The van der Waals surface area contributed by atoms with E-state index in [4.69, 9.17) is 10.5 Å². The van der Waals surface area contributed by atoms with Gasteiger partial charge in [-0.3, -0.25) is 0 Å². The number of allylic oxidation sites excluding steroid dienone is 2. The first-order valence-electron chi connectivity index (χ1n) is 5.71. The van der Waals surface area contributed by atoms with Crippen LogP contribution in [-0.4, -0.2) is 12.5 Å². The van der Waals surface area contributed by atoms with Crippen molar-refractivity contribution in [1.82, 2.24) is 0 Å².